The van der Waals surface area contributed by atoms with Crippen molar-refractivity contribution >= 4 is 10.8 Å². The van der Waals surface area contributed by atoms with Crippen molar-refractivity contribution in [2.75, 3.05) is 0 Å². The zero-order valence-corrected chi connectivity index (χ0v) is 8.91. The highest BCUT2D eigenvalue weighted by Crippen LogP contribution is 2.25. The standard InChI is InChI=1S/C13H15N.CH4/c1-13(2,3)12-5-4-11-9-14-7-6-10(11)8-12;/h4-9H,1-3H3;1H4. The molecular formula is C14H19N. The summed E-state index contributed by atoms with van der Waals surface area (Å²) in [6.07, 6.45) is 3.75. The number of rotatable bonds is 0. The quantitative estimate of drug-likeness (QED) is 0.623. The first-order chi connectivity index (χ1) is 6.57. The summed E-state index contributed by atoms with van der Waals surface area (Å²) in [4.78, 5) is 4.10. The minimum Gasteiger partial charge on any atom is -0.264 e. The second kappa shape index (κ2) is 4.01. The Morgan fingerprint density at radius 2 is 1.73 bits per heavy atom. The molecule has 1 heterocycles. The van der Waals surface area contributed by atoms with Crippen molar-refractivity contribution < 1.29 is 0 Å². The van der Waals surface area contributed by atoms with Crippen LogP contribution in [0.1, 0.15) is 33.8 Å². The average molecular weight is 201 g/mol. The van der Waals surface area contributed by atoms with E-state index in [0.717, 1.165) is 0 Å². The van der Waals surface area contributed by atoms with Gasteiger partial charge in [0.05, 0.1) is 0 Å². The van der Waals surface area contributed by atoms with Crippen molar-refractivity contribution in [1.29, 1.82) is 0 Å². The Hall–Kier alpha value is -1.37. The Balaban J connectivity index is 0.00000112. The van der Waals surface area contributed by atoms with Crippen LogP contribution in [0.4, 0.5) is 0 Å². The number of fused-ring (bicyclic) bond motifs is 1. The molecule has 0 saturated heterocycles. The zero-order chi connectivity index (χ0) is 10.2. The molecule has 0 amide bonds. The van der Waals surface area contributed by atoms with E-state index in [4.69, 9.17) is 0 Å². The number of hydrogen-bond acceptors (Lipinski definition) is 1. The van der Waals surface area contributed by atoms with Gasteiger partial charge in [-0.1, -0.05) is 46.4 Å². The topological polar surface area (TPSA) is 12.9 Å². The van der Waals surface area contributed by atoms with Gasteiger partial charge in [-0.15, -0.1) is 0 Å². The fraction of sp³-hybridized carbons (Fsp3) is 0.357. The SMILES string of the molecule is C.CC(C)(C)c1ccc2cnccc2c1. The lowest BCUT2D eigenvalue weighted by Crippen LogP contribution is -2.10. The fourth-order valence-electron chi connectivity index (χ4n) is 1.55. The van der Waals surface area contributed by atoms with Crippen LogP contribution < -0.4 is 0 Å². The van der Waals surface area contributed by atoms with E-state index in [-0.39, 0.29) is 12.8 Å². The Kier molecular flexibility index (Phi) is 3.13. The summed E-state index contributed by atoms with van der Waals surface area (Å²) >= 11 is 0. The molecule has 0 saturated carbocycles. The minimum atomic E-state index is 0. The molecule has 80 valence electrons. The number of nitrogens with zero attached hydrogens (tertiary/aromatic N) is 1. The van der Waals surface area contributed by atoms with E-state index in [2.05, 4.69) is 50.0 Å². The minimum absolute atomic E-state index is 0. The molecule has 0 N–H and O–H groups in total. The molecule has 15 heavy (non-hydrogen) atoms. The summed E-state index contributed by atoms with van der Waals surface area (Å²) in [6, 6.07) is 8.63. The van der Waals surface area contributed by atoms with Crippen molar-refractivity contribution in [2.45, 2.75) is 33.6 Å². The van der Waals surface area contributed by atoms with Gasteiger partial charge in [-0.25, -0.2) is 0 Å². The second-order valence-electron chi connectivity index (χ2n) is 4.69. The molecular weight excluding hydrogens is 182 g/mol. The molecule has 1 aromatic carbocycles. The van der Waals surface area contributed by atoms with Crippen molar-refractivity contribution in [1.82, 2.24) is 4.98 Å². The summed E-state index contributed by atoms with van der Waals surface area (Å²) in [5, 5.41) is 2.48. The highest BCUT2D eigenvalue weighted by Gasteiger charge is 2.13. The molecule has 0 spiro atoms. The van der Waals surface area contributed by atoms with Crippen LogP contribution >= 0.6 is 0 Å². The number of aromatic nitrogens is 1. The van der Waals surface area contributed by atoms with E-state index in [1.54, 1.807) is 0 Å². The lowest BCUT2D eigenvalue weighted by atomic mass is 9.86. The number of hydrogen-bond donors (Lipinski definition) is 0. The van der Waals surface area contributed by atoms with E-state index >= 15 is 0 Å². The first kappa shape index (κ1) is 11.7. The maximum Gasteiger partial charge on any atom is 0.0346 e. The van der Waals surface area contributed by atoms with E-state index in [1.165, 1.54) is 16.3 Å². The molecule has 0 aliphatic rings. The molecule has 2 rings (SSSR count). The third-order valence-corrected chi connectivity index (χ3v) is 2.51. The molecule has 0 fully saturated rings. The van der Waals surface area contributed by atoms with Crippen LogP contribution in [-0.4, -0.2) is 4.98 Å². The Labute approximate surface area is 92.2 Å². The van der Waals surface area contributed by atoms with E-state index < -0.39 is 0 Å². The second-order valence-corrected chi connectivity index (χ2v) is 4.69. The maximum atomic E-state index is 4.10. The smallest absolute Gasteiger partial charge is 0.0346 e. The van der Waals surface area contributed by atoms with Gasteiger partial charge in [0.25, 0.3) is 0 Å². The van der Waals surface area contributed by atoms with Crippen molar-refractivity contribution in [3.05, 3.63) is 42.2 Å². The van der Waals surface area contributed by atoms with Crippen LogP contribution in [0.25, 0.3) is 10.8 Å². The van der Waals surface area contributed by atoms with Gasteiger partial charge in [0, 0.05) is 17.8 Å². The average Bonchev–Trinajstić information content (AvgIpc) is 2.16. The predicted octanol–water partition coefficient (Wildman–Crippen LogP) is 4.17. The van der Waals surface area contributed by atoms with Crippen molar-refractivity contribution in [3.63, 3.8) is 0 Å². The Morgan fingerprint density at radius 3 is 2.40 bits per heavy atom. The largest absolute Gasteiger partial charge is 0.264 e. The van der Waals surface area contributed by atoms with Crippen LogP contribution in [0.15, 0.2) is 36.7 Å². The molecule has 1 nitrogen and oxygen atoms in total. The molecule has 0 radical (unpaired) electrons. The van der Waals surface area contributed by atoms with Gasteiger partial charge in [0.2, 0.25) is 0 Å². The molecule has 0 aliphatic heterocycles. The highest BCUT2D eigenvalue weighted by molar-refractivity contribution is 5.82. The van der Waals surface area contributed by atoms with E-state index in [1.807, 2.05) is 12.4 Å². The van der Waals surface area contributed by atoms with Gasteiger partial charge < -0.3 is 0 Å². The van der Waals surface area contributed by atoms with Gasteiger partial charge in [0.15, 0.2) is 0 Å². The van der Waals surface area contributed by atoms with Gasteiger partial charge in [0.1, 0.15) is 0 Å². The van der Waals surface area contributed by atoms with Gasteiger partial charge in [-0.05, 0) is 22.4 Å². The Morgan fingerprint density at radius 1 is 1.00 bits per heavy atom. The fourth-order valence-corrected chi connectivity index (χ4v) is 1.55. The third-order valence-electron chi connectivity index (χ3n) is 2.51. The first-order valence-corrected chi connectivity index (χ1v) is 4.92. The summed E-state index contributed by atoms with van der Waals surface area (Å²) in [5.74, 6) is 0. The van der Waals surface area contributed by atoms with Gasteiger partial charge >= 0.3 is 0 Å². The predicted molar refractivity (Wildman–Crippen MR) is 67.2 cm³/mol. The van der Waals surface area contributed by atoms with Gasteiger partial charge in [-0.3, -0.25) is 4.98 Å². The highest BCUT2D eigenvalue weighted by atomic mass is 14.6. The molecule has 2 aromatic rings. The summed E-state index contributed by atoms with van der Waals surface area (Å²) < 4.78 is 0. The summed E-state index contributed by atoms with van der Waals surface area (Å²) in [7, 11) is 0. The molecule has 1 heteroatoms. The normalized spacial score (nSPS) is 11.1. The lowest BCUT2D eigenvalue weighted by molar-refractivity contribution is 0.591. The maximum absolute atomic E-state index is 4.10. The summed E-state index contributed by atoms with van der Waals surface area (Å²) in [6.45, 7) is 6.69. The van der Waals surface area contributed by atoms with Crippen molar-refractivity contribution in [3.8, 4) is 0 Å². The molecule has 0 unspecified atom stereocenters. The number of benzene rings is 1. The molecule has 0 aliphatic carbocycles. The van der Waals surface area contributed by atoms with Crippen LogP contribution in [0.2, 0.25) is 0 Å². The van der Waals surface area contributed by atoms with Crippen LogP contribution in [0, 0.1) is 0 Å². The first-order valence-electron chi connectivity index (χ1n) is 4.92. The lowest BCUT2D eigenvalue weighted by Gasteiger charge is -2.19. The van der Waals surface area contributed by atoms with E-state index in [0.29, 0.717) is 0 Å². The molecule has 0 bridgehead atoms. The molecule has 1 aromatic heterocycles. The van der Waals surface area contributed by atoms with Crippen molar-refractivity contribution in [2.24, 2.45) is 0 Å². The zero-order valence-electron chi connectivity index (χ0n) is 8.91. The van der Waals surface area contributed by atoms with Gasteiger partial charge in [-0.2, -0.15) is 0 Å². The van der Waals surface area contributed by atoms with Crippen LogP contribution in [-0.2, 0) is 5.41 Å². The monoisotopic (exact) mass is 201 g/mol. The van der Waals surface area contributed by atoms with Crippen LogP contribution in [0.3, 0.4) is 0 Å². The Bertz CT molecular complexity index is 452. The third kappa shape index (κ3) is 2.35. The summed E-state index contributed by atoms with van der Waals surface area (Å²) in [5.41, 5.74) is 1.59. The van der Waals surface area contributed by atoms with E-state index in [9.17, 15) is 0 Å². The number of pyridine rings is 1. The van der Waals surface area contributed by atoms with Crippen LogP contribution in [0.5, 0.6) is 0 Å². The molecule has 0 atom stereocenters.